The van der Waals surface area contributed by atoms with Crippen LogP contribution in [0.15, 0.2) is 59.9 Å². The summed E-state index contributed by atoms with van der Waals surface area (Å²) < 4.78 is 6.16. The summed E-state index contributed by atoms with van der Waals surface area (Å²) in [7, 11) is 0. The minimum absolute atomic E-state index is 0.351. The van der Waals surface area contributed by atoms with E-state index in [4.69, 9.17) is 14.7 Å². The van der Waals surface area contributed by atoms with Crippen LogP contribution in [0, 0.1) is 5.92 Å². The number of hydrogen-bond donors (Lipinski definition) is 1. The van der Waals surface area contributed by atoms with E-state index in [1.54, 1.807) is 0 Å². The molecule has 0 saturated carbocycles. The summed E-state index contributed by atoms with van der Waals surface area (Å²) in [4.78, 5) is 17.8. The average Bonchev–Trinajstić information content (AvgIpc) is 3.54. The van der Waals surface area contributed by atoms with E-state index in [0.29, 0.717) is 18.4 Å². The minimum atomic E-state index is 0.351. The van der Waals surface area contributed by atoms with Crippen LogP contribution >= 0.6 is 0 Å². The van der Waals surface area contributed by atoms with Gasteiger partial charge in [0.25, 0.3) is 0 Å². The molecule has 2 aromatic heterocycles. The van der Waals surface area contributed by atoms with Crippen molar-refractivity contribution in [2.45, 2.75) is 46.6 Å². The van der Waals surface area contributed by atoms with Crippen LogP contribution < -0.4 is 4.74 Å². The molecule has 5 heteroatoms. The first-order valence-electron chi connectivity index (χ1n) is 12.7. The Morgan fingerprint density at radius 2 is 1.69 bits per heavy atom. The maximum Gasteiger partial charge on any atom is 0.130 e. The summed E-state index contributed by atoms with van der Waals surface area (Å²) in [6.07, 6.45) is 4.75. The Balaban J connectivity index is 1.36. The molecule has 3 aromatic carbocycles. The Bertz CT molecular complexity index is 1720. The van der Waals surface area contributed by atoms with Crippen molar-refractivity contribution in [3.63, 3.8) is 0 Å². The van der Waals surface area contributed by atoms with E-state index in [1.807, 2.05) is 12.4 Å². The number of nitrogens with one attached hydrogen (secondary N) is 1. The molecule has 0 atom stereocenters. The molecular formula is C31H28N4O. The smallest absolute Gasteiger partial charge is 0.130 e. The SMILES string of the molecule is CC(C)C1=Nc2c(c3ccc(-c4ccc5c(c4)OCc4[nH]c(C(C)C)nc4-5)cc3c3ccncc23)C1. The molecule has 1 N–H and O–H groups in total. The van der Waals surface area contributed by atoms with E-state index < -0.39 is 0 Å². The van der Waals surface area contributed by atoms with Crippen LogP contribution in [0.25, 0.3) is 43.9 Å². The molecule has 178 valence electrons. The average molecular weight is 473 g/mol. The van der Waals surface area contributed by atoms with Gasteiger partial charge in [0.05, 0.1) is 17.1 Å². The standard InChI is InChI=1S/C31H28N4O/c1-16(2)26-13-24-20-7-5-18(11-23(20)21-9-10-32-14-25(21)29(24)33-26)19-6-8-22-28(12-19)36-15-27-30(22)35-31(34-27)17(3)4/h5-12,14,16-17H,13,15H2,1-4H3,(H,34,35). The number of pyridine rings is 1. The maximum absolute atomic E-state index is 6.16. The second kappa shape index (κ2) is 7.76. The molecule has 36 heavy (non-hydrogen) atoms. The number of aromatic amines is 1. The van der Waals surface area contributed by atoms with Gasteiger partial charge in [-0.05, 0) is 63.0 Å². The lowest BCUT2D eigenvalue weighted by atomic mass is 9.91. The number of aliphatic imine (C=N–C) groups is 1. The van der Waals surface area contributed by atoms with Crippen molar-refractivity contribution >= 4 is 32.9 Å². The van der Waals surface area contributed by atoms with Gasteiger partial charge in [-0.2, -0.15) is 0 Å². The number of ether oxygens (including phenoxy) is 1. The first-order valence-corrected chi connectivity index (χ1v) is 12.7. The lowest BCUT2D eigenvalue weighted by Crippen LogP contribution is -2.06. The van der Waals surface area contributed by atoms with Crippen LogP contribution in [-0.2, 0) is 13.0 Å². The third-order valence-corrected chi connectivity index (χ3v) is 7.56. The van der Waals surface area contributed by atoms with Gasteiger partial charge in [-0.3, -0.25) is 9.98 Å². The summed E-state index contributed by atoms with van der Waals surface area (Å²) in [6, 6.07) is 15.4. The number of H-pyrrole nitrogens is 1. The lowest BCUT2D eigenvalue weighted by Gasteiger charge is -2.18. The number of aromatic nitrogens is 3. The van der Waals surface area contributed by atoms with Crippen LogP contribution in [0.3, 0.4) is 0 Å². The highest BCUT2D eigenvalue weighted by Gasteiger charge is 2.25. The first kappa shape index (κ1) is 21.3. The molecule has 0 unspecified atom stereocenters. The van der Waals surface area contributed by atoms with Gasteiger partial charge < -0.3 is 9.72 Å². The summed E-state index contributed by atoms with van der Waals surface area (Å²) in [6.45, 7) is 9.27. The number of nitrogens with zero attached hydrogens (tertiary/aromatic N) is 3. The van der Waals surface area contributed by atoms with Gasteiger partial charge in [0.1, 0.15) is 18.2 Å². The molecule has 2 aliphatic heterocycles. The predicted octanol–water partition coefficient (Wildman–Crippen LogP) is 7.75. The van der Waals surface area contributed by atoms with Gasteiger partial charge >= 0.3 is 0 Å². The molecule has 4 heterocycles. The molecule has 0 bridgehead atoms. The molecule has 5 aromatic rings. The normalized spacial score (nSPS) is 14.2. The van der Waals surface area contributed by atoms with Crippen molar-refractivity contribution in [2.75, 3.05) is 0 Å². The molecular weight excluding hydrogens is 444 g/mol. The van der Waals surface area contributed by atoms with Crippen LogP contribution in [0.1, 0.15) is 50.7 Å². The van der Waals surface area contributed by atoms with E-state index in [9.17, 15) is 0 Å². The van der Waals surface area contributed by atoms with Crippen molar-refractivity contribution in [3.05, 3.63) is 71.9 Å². The van der Waals surface area contributed by atoms with Gasteiger partial charge in [-0.15, -0.1) is 0 Å². The topological polar surface area (TPSA) is 63.2 Å². The van der Waals surface area contributed by atoms with Crippen molar-refractivity contribution < 1.29 is 4.74 Å². The highest BCUT2D eigenvalue weighted by atomic mass is 16.5. The molecule has 2 aliphatic rings. The van der Waals surface area contributed by atoms with E-state index in [0.717, 1.165) is 51.6 Å². The van der Waals surface area contributed by atoms with Crippen LogP contribution in [0.5, 0.6) is 5.75 Å². The van der Waals surface area contributed by atoms with E-state index >= 15 is 0 Å². The maximum atomic E-state index is 6.16. The zero-order chi connectivity index (χ0) is 24.6. The fraction of sp³-hybridized carbons (Fsp3) is 0.258. The molecule has 0 spiro atoms. The molecule has 0 radical (unpaired) electrons. The monoisotopic (exact) mass is 472 g/mol. The van der Waals surface area contributed by atoms with Gasteiger partial charge in [0, 0.05) is 41.4 Å². The summed E-state index contributed by atoms with van der Waals surface area (Å²) in [5.74, 6) is 2.68. The molecule has 0 amide bonds. The molecule has 0 aliphatic carbocycles. The summed E-state index contributed by atoms with van der Waals surface area (Å²) in [5, 5.41) is 4.86. The van der Waals surface area contributed by atoms with Gasteiger partial charge in [-0.1, -0.05) is 45.9 Å². The number of imidazole rings is 1. The van der Waals surface area contributed by atoms with E-state index in [1.165, 1.54) is 33.0 Å². The third kappa shape index (κ3) is 3.12. The molecule has 7 rings (SSSR count). The fourth-order valence-corrected chi connectivity index (χ4v) is 5.52. The highest BCUT2D eigenvalue weighted by Crippen LogP contribution is 2.44. The Kier molecular flexibility index (Phi) is 4.59. The van der Waals surface area contributed by atoms with E-state index in [-0.39, 0.29) is 0 Å². The minimum Gasteiger partial charge on any atom is -0.487 e. The second-order valence-electron chi connectivity index (χ2n) is 10.5. The zero-order valence-corrected chi connectivity index (χ0v) is 21.0. The number of fused-ring (bicyclic) bond motifs is 9. The Labute approximate surface area is 210 Å². The fourth-order valence-electron chi connectivity index (χ4n) is 5.52. The number of hydrogen-bond acceptors (Lipinski definition) is 4. The van der Waals surface area contributed by atoms with Gasteiger partial charge in [0.2, 0.25) is 0 Å². The van der Waals surface area contributed by atoms with Crippen molar-refractivity contribution in [1.82, 2.24) is 15.0 Å². The van der Waals surface area contributed by atoms with Crippen molar-refractivity contribution in [3.8, 4) is 28.1 Å². The van der Waals surface area contributed by atoms with E-state index in [2.05, 4.69) is 80.1 Å². The van der Waals surface area contributed by atoms with Crippen LogP contribution in [0.2, 0.25) is 0 Å². The molecule has 0 fully saturated rings. The Morgan fingerprint density at radius 1 is 0.861 bits per heavy atom. The van der Waals surface area contributed by atoms with Crippen LogP contribution in [0.4, 0.5) is 5.69 Å². The second-order valence-corrected chi connectivity index (χ2v) is 10.5. The van der Waals surface area contributed by atoms with Crippen LogP contribution in [-0.4, -0.2) is 20.7 Å². The largest absolute Gasteiger partial charge is 0.487 e. The van der Waals surface area contributed by atoms with Crippen molar-refractivity contribution in [1.29, 1.82) is 0 Å². The van der Waals surface area contributed by atoms with Gasteiger partial charge in [-0.25, -0.2) is 4.98 Å². The highest BCUT2D eigenvalue weighted by molar-refractivity contribution is 6.18. The zero-order valence-electron chi connectivity index (χ0n) is 21.0. The number of benzene rings is 3. The molecule has 5 nitrogen and oxygen atoms in total. The van der Waals surface area contributed by atoms with Gasteiger partial charge in [0.15, 0.2) is 0 Å². The summed E-state index contributed by atoms with van der Waals surface area (Å²) in [5.41, 5.74) is 9.10. The quantitative estimate of drug-likeness (QED) is 0.273. The third-order valence-electron chi connectivity index (χ3n) is 7.56. The molecule has 0 saturated heterocycles. The predicted molar refractivity (Wildman–Crippen MR) is 146 cm³/mol. The Morgan fingerprint density at radius 3 is 2.53 bits per heavy atom. The first-order chi connectivity index (χ1) is 17.5. The lowest BCUT2D eigenvalue weighted by molar-refractivity contribution is 0.298. The summed E-state index contributed by atoms with van der Waals surface area (Å²) >= 11 is 0. The number of rotatable bonds is 3. The van der Waals surface area contributed by atoms with Crippen molar-refractivity contribution in [2.24, 2.45) is 10.9 Å². The Hall–Kier alpha value is -3.99.